The van der Waals surface area contributed by atoms with Crippen LogP contribution in [0.5, 0.6) is 11.5 Å². The molecule has 2 aromatic rings. The van der Waals surface area contributed by atoms with Crippen molar-refractivity contribution in [1.29, 1.82) is 0 Å². The zero-order valence-corrected chi connectivity index (χ0v) is 14.8. The minimum Gasteiger partial charge on any atom is -0.490 e. The summed E-state index contributed by atoms with van der Waals surface area (Å²) < 4.78 is 11.6. The number of hydrogen-bond acceptors (Lipinski definition) is 4. The molecule has 0 unspecified atom stereocenters. The summed E-state index contributed by atoms with van der Waals surface area (Å²) in [4.78, 5) is 18.1. The Labute approximate surface area is 148 Å². The fraction of sp³-hybridized carbons (Fsp3) is 0.400. The van der Waals surface area contributed by atoms with E-state index in [9.17, 15) is 4.79 Å². The summed E-state index contributed by atoms with van der Waals surface area (Å²) in [5.74, 6) is 1.57. The lowest BCUT2D eigenvalue weighted by atomic mass is 10.1. The van der Waals surface area contributed by atoms with Crippen molar-refractivity contribution < 1.29 is 14.3 Å². The molecule has 1 amide bonds. The van der Waals surface area contributed by atoms with Crippen LogP contribution in [0.4, 0.5) is 0 Å². The van der Waals surface area contributed by atoms with Crippen LogP contribution in [0.15, 0.2) is 42.7 Å². The molecule has 0 bridgehead atoms. The SMILES string of the molecule is Cc1ccc(C)c(OC2CCN(C(=O)COc3cccnc3)CC2)c1. The maximum atomic E-state index is 12.3. The molecule has 5 heteroatoms. The number of hydrogen-bond donors (Lipinski definition) is 0. The van der Waals surface area contributed by atoms with Crippen LogP contribution in [0.1, 0.15) is 24.0 Å². The lowest BCUT2D eigenvalue weighted by Crippen LogP contribution is -2.43. The molecule has 25 heavy (non-hydrogen) atoms. The summed E-state index contributed by atoms with van der Waals surface area (Å²) in [6, 6.07) is 9.83. The molecule has 2 heterocycles. The smallest absolute Gasteiger partial charge is 0.260 e. The van der Waals surface area contributed by atoms with Crippen LogP contribution < -0.4 is 9.47 Å². The predicted octanol–water partition coefficient (Wildman–Crippen LogP) is 3.15. The van der Waals surface area contributed by atoms with Crippen LogP contribution in [0, 0.1) is 13.8 Å². The summed E-state index contributed by atoms with van der Waals surface area (Å²) in [7, 11) is 0. The Morgan fingerprint density at radius 3 is 2.76 bits per heavy atom. The summed E-state index contributed by atoms with van der Waals surface area (Å²) in [6.45, 7) is 5.57. The van der Waals surface area contributed by atoms with Gasteiger partial charge in [0, 0.05) is 32.1 Å². The van der Waals surface area contributed by atoms with Crippen molar-refractivity contribution in [1.82, 2.24) is 9.88 Å². The molecule has 0 spiro atoms. The molecule has 1 fully saturated rings. The zero-order valence-electron chi connectivity index (χ0n) is 14.8. The van der Waals surface area contributed by atoms with Crippen molar-refractivity contribution >= 4 is 5.91 Å². The molecule has 1 saturated heterocycles. The molecule has 5 nitrogen and oxygen atoms in total. The highest BCUT2D eigenvalue weighted by Gasteiger charge is 2.24. The van der Waals surface area contributed by atoms with Gasteiger partial charge in [-0.15, -0.1) is 0 Å². The van der Waals surface area contributed by atoms with Crippen LogP contribution in [0.3, 0.4) is 0 Å². The first-order valence-corrected chi connectivity index (χ1v) is 8.66. The molecule has 0 radical (unpaired) electrons. The molecule has 0 aliphatic carbocycles. The van der Waals surface area contributed by atoms with Gasteiger partial charge in [-0.3, -0.25) is 9.78 Å². The third-order valence-corrected chi connectivity index (χ3v) is 4.43. The van der Waals surface area contributed by atoms with E-state index in [0.29, 0.717) is 18.8 Å². The van der Waals surface area contributed by atoms with Gasteiger partial charge in [-0.25, -0.2) is 0 Å². The minimum absolute atomic E-state index is 0.00837. The van der Waals surface area contributed by atoms with Gasteiger partial charge in [0.15, 0.2) is 6.61 Å². The van der Waals surface area contributed by atoms with E-state index in [4.69, 9.17) is 9.47 Å². The zero-order chi connectivity index (χ0) is 17.6. The Hall–Kier alpha value is -2.56. The highest BCUT2D eigenvalue weighted by molar-refractivity contribution is 5.77. The van der Waals surface area contributed by atoms with E-state index in [-0.39, 0.29) is 18.6 Å². The number of rotatable bonds is 5. The maximum Gasteiger partial charge on any atom is 0.260 e. The molecule has 1 aliphatic rings. The third kappa shape index (κ3) is 4.72. The monoisotopic (exact) mass is 340 g/mol. The van der Waals surface area contributed by atoms with Crippen LogP contribution >= 0.6 is 0 Å². The van der Waals surface area contributed by atoms with Crippen molar-refractivity contribution in [2.45, 2.75) is 32.8 Å². The molecule has 3 rings (SSSR count). The molecular weight excluding hydrogens is 316 g/mol. The van der Waals surface area contributed by atoms with Gasteiger partial charge in [0.2, 0.25) is 0 Å². The van der Waals surface area contributed by atoms with Gasteiger partial charge in [-0.1, -0.05) is 12.1 Å². The second kappa shape index (κ2) is 8.01. The van der Waals surface area contributed by atoms with E-state index < -0.39 is 0 Å². The molecule has 1 aliphatic heterocycles. The fourth-order valence-corrected chi connectivity index (χ4v) is 2.91. The van der Waals surface area contributed by atoms with E-state index in [1.807, 2.05) is 4.90 Å². The Bertz CT molecular complexity index is 710. The van der Waals surface area contributed by atoms with Gasteiger partial charge in [-0.05, 0) is 43.2 Å². The quantitative estimate of drug-likeness (QED) is 0.839. The van der Waals surface area contributed by atoms with E-state index in [0.717, 1.165) is 24.2 Å². The largest absolute Gasteiger partial charge is 0.490 e. The van der Waals surface area contributed by atoms with Crippen molar-refractivity contribution in [2.24, 2.45) is 0 Å². The number of aryl methyl sites for hydroxylation is 2. The predicted molar refractivity (Wildman–Crippen MR) is 95.9 cm³/mol. The maximum absolute atomic E-state index is 12.3. The van der Waals surface area contributed by atoms with Crippen LogP contribution in [0.2, 0.25) is 0 Å². The minimum atomic E-state index is 0.00837. The lowest BCUT2D eigenvalue weighted by Gasteiger charge is -2.32. The van der Waals surface area contributed by atoms with E-state index in [2.05, 4.69) is 37.0 Å². The number of carbonyl (C=O) groups excluding carboxylic acids is 1. The number of benzene rings is 1. The number of ether oxygens (including phenoxy) is 2. The first-order valence-electron chi connectivity index (χ1n) is 8.66. The number of piperidine rings is 1. The average molecular weight is 340 g/mol. The highest BCUT2D eigenvalue weighted by atomic mass is 16.5. The van der Waals surface area contributed by atoms with E-state index in [1.165, 1.54) is 5.56 Å². The Balaban J connectivity index is 1.46. The van der Waals surface area contributed by atoms with Crippen molar-refractivity contribution in [3.8, 4) is 11.5 Å². The van der Waals surface area contributed by atoms with Gasteiger partial charge >= 0.3 is 0 Å². The van der Waals surface area contributed by atoms with Crippen molar-refractivity contribution in [3.05, 3.63) is 53.9 Å². The van der Waals surface area contributed by atoms with Gasteiger partial charge in [0.05, 0.1) is 6.20 Å². The first-order chi connectivity index (χ1) is 12.1. The normalized spacial score (nSPS) is 15.0. The summed E-state index contributed by atoms with van der Waals surface area (Å²) in [6.07, 6.45) is 5.12. The average Bonchev–Trinajstić information content (AvgIpc) is 2.64. The number of likely N-dealkylation sites (tertiary alicyclic amines) is 1. The van der Waals surface area contributed by atoms with Crippen LogP contribution in [0.25, 0.3) is 0 Å². The van der Waals surface area contributed by atoms with Crippen LogP contribution in [-0.2, 0) is 4.79 Å². The Morgan fingerprint density at radius 1 is 1.24 bits per heavy atom. The highest BCUT2D eigenvalue weighted by Crippen LogP contribution is 2.24. The number of carbonyl (C=O) groups is 1. The number of amides is 1. The molecule has 132 valence electrons. The van der Waals surface area contributed by atoms with E-state index >= 15 is 0 Å². The third-order valence-electron chi connectivity index (χ3n) is 4.43. The Kier molecular flexibility index (Phi) is 5.53. The number of nitrogens with zero attached hydrogens (tertiary/aromatic N) is 2. The second-order valence-electron chi connectivity index (χ2n) is 6.44. The van der Waals surface area contributed by atoms with Gasteiger partial charge in [0.25, 0.3) is 5.91 Å². The Morgan fingerprint density at radius 2 is 2.04 bits per heavy atom. The summed E-state index contributed by atoms with van der Waals surface area (Å²) in [5, 5.41) is 0. The second-order valence-corrected chi connectivity index (χ2v) is 6.44. The van der Waals surface area contributed by atoms with E-state index in [1.54, 1.807) is 24.5 Å². The molecule has 0 N–H and O–H groups in total. The number of pyridine rings is 1. The van der Waals surface area contributed by atoms with Gasteiger partial charge < -0.3 is 14.4 Å². The van der Waals surface area contributed by atoms with Crippen molar-refractivity contribution in [3.63, 3.8) is 0 Å². The van der Waals surface area contributed by atoms with Crippen LogP contribution in [-0.4, -0.2) is 41.6 Å². The van der Waals surface area contributed by atoms with Crippen molar-refractivity contribution in [2.75, 3.05) is 19.7 Å². The standard InChI is InChI=1S/C20H24N2O3/c1-15-5-6-16(2)19(12-15)25-17-7-10-22(11-8-17)20(23)14-24-18-4-3-9-21-13-18/h3-6,9,12-13,17H,7-8,10-11,14H2,1-2H3. The van der Waals surface area contributed by atoms with Gasteiger partial charge in [0.1, 0.15) is 17.6 Å². The molecular formula is C20H24N2O3. The molecule has 0 saturated carbocycles. The fourth-order valence-electron chi connectivity index (χ4n) is 2.91. The molecule has 1 aromatic heterocycles. The molecule has 1 aromatic carbocycles. The summed E-state index contributed by atoms with van der Waals surface area (Å²) >= 11 is 0. The topological polar surface area (TPSA) is 51.7 Å². The summed E-state index contributed by atoms with van der Waals surface area (Å²) in [5.41, 5.74) is 2.34. The lowest BCUT2D eigenvalue weighted by molar-refractivity contribution is -0.135. The number of aromatic nitrogens is 1. The van der Waals surface area contributed by atoms with Gasteiger partial charge in [-0.2, -0.15) is 0 Å². The first kappa shape index (κ1) is 17.3. The molecule has 0 atom stereocenters.